The minimum Gasteiger partial charge on any atom is -0.316 e. The fraction of sp³-hybridized carbons (Fsp3) is 0.533. The van der Waals surface area contributed by atoms with E-state index in [1.807, 2.05) is 13.8 Å². The van der Waals surface area contributed by atoms with Crippen molar-refractivity contribution in [2.75, 3.05) is 13.1 Å². The van der Waals surface area contributed by atoms with Crippen LogP contribution in [0.5, 0.6) is 0 Å². The molecule has 2 rings (SSSR count). The van der Waals surface area contributed by atoms with Crippen LogP contribution < -0.4 is 5.32 Å². The molecule has 1 aliphatic rings. The van der Waals surface area contributed by atoms with Crippen LogP contribution in [0.4, 0.5) is 0 Å². The maximum absolute atomic E-state index is 9.19. The first-order valence-electron chi connectivity index (χ1n) is 6.36. The molecule has 1 aromatic carbocycles. The Labute approximate surface area is 104 Å². The van der Waals surface area contributed by atoms with Crippen LogP contribution in [-0.4, -0.2) is 13.1 Å². The first-order chi connectivity index (χ1) is 8.13. The average molecular weight is 228 g/mol. The third-order valence-electron chi connectivity index (χ3n) is 3.66. The normalized spacial score (nSPS) is 20.9. The van der Waals surface area contributed by atoms with E-state index in [0.29, 0.717) is 5.92 Å². The molecule has 0 bridgehead atoms. The van der Waals surface area contributed by atoms with E-state index >= 15 is 0 Å². The summed E-state index contributed by atoms with van der Waals surface area (Å²) in [6.45, 7) is 6.16. The van der Waals surface area contributed by atoms with E-state index in [9.17, 15) is 5.26 Å². The maximum Gasteiger partial charge on any atom is 0.0766 e. The lowest BCUT2D eigenvalue weighted by Gasteiger charge is -2.25. The second kappa shape index (κ2) is 4.89. The summed E-state index contributed by atoms with van der Waals surface area (Å²) in [6, 6.07) is 10.9. The van der Waals surface area contributed by atoms with Crippen molar-refractivity contribution in [3.8, 4) is 6.07 Å². The van der Waals surface area contributed by atoms with Gasteiger partial charge in [-0.2, -0.15) is 5.26 Å². The van der Waals surface area contributed by atoms with Gasteiger partial charge in [-0.1, -0.05) is 24.3 Å². The molecule has 1 fully saturated rings. The number of hydrogen-bond donors (Lipinski definition) is 1. The molecule has 1 heterocycles. The van der Waals surface area contributed by atoms with Crippen LogP contribution in [0, 0.1) is 11.3 Å². The first-order valence-corrected chi connectivity index (χ1v) is 6.36. The van der Waals surface area contributed by atoms with Crippen molar-refractivity contribution in [3.05, 3.63) is 35.4 Å². The second-order valence-electron chi connectivity index (χ2n) is 5.41. The predicted octanol–water partition coefficient (Wildman–Crippen LogP) is 2.95. The highest BCUT2D eigenvalue weighted by Gasteiger charge is 2.22. The number of benzene rings is 1. The van der Waals surface area contributed by atoms with Crippen molar-refractivity contribution < 1.29 is 0 Å². The van der Waals surface area contributed by atoms with Gasteiger partial charge in [0, 0.05) is 6.54 Å². The van der Waals surface area contributed by atoms with Crippen LogP contribution in [0.25, 0.3) is 0 Å². The van der Waals surface area contributed by atoms with Crippen molar-refractivity contribution in [3.63, 3.8) is 0 Å². The Morgan fingerprint density at radius 2 is 2.24 bits per heavy atom. The van der Waals surface area contributed by atoms with Crippen LogP contribution in [-0.2, 0) is 5.41 Å². The van der Waals surface area contributed by atoms with Crippen molar-refractivity contribution in [1.29, 1.82) is 5.26 Å². The molecule has 1 N–H and O–H groups in total. The molecule has 1 unspecified atom stereocenters. The summed E-state index contributed by atoms with van der Waals surface area (Å²) < 4.78 is 0. The monoisotopic (exact) mass is 228 g/mol. The molecular weight excluding hydrogens is 208 g/mol. The summed E-state index contributed by atoms with van der Waals surface area (Å²) in [5, 5.41) is 12.6. The molecule has 0 aromatic heterocycles. The minimum absolute atomic E-state index is 0.391. The predicted molar refractivity (Wildman–Crippen MR) is 69.9 cm³/mol. The van der Waals surface area contributed by atoms with E-state index in [-0.39, 0.29) is 0 Å². The summed E-state index contributed by atoms with van der Waals surface area (Å²) in [5.41, 5.74) is 2.11. The Hall–Kier alpha value is -1.33. The standard InChI is InChI=1S/C15H20N2/c1-15(2,11-16)14-7-3-5-12(9-14)13-6-4-8-17-10-13/h3,5,7,9,13,17H,4,6,8,10H2,1-2H3. The first kappa shape index (κ1) is 12.1. The lowest BCUT2D eigenvalue weighted by Crippen LogP contribution is -2.28. The van der Waals surface area contributed by atoms with Crippen LogP contribution in [0.1, 0.15) is 43.7 Å². The van der Waals surface area contributed by atoms with Gasteiger partial charge in [0.15, 0.2) is 0 Å². The van der Waals surface area contributed by atoms with Crippen LogP contribution in [0.2, 0.25) is 0 Å². The number of nitriles is 1. The molecule has 1 aliphatic heterocycles. The highest BCUT2D eigenvalue weighted by molar-refractivity contribution is 5.35. The third kappa shape index (κ3) is 2.68. The maximum atomic E-state index is 9.19. The minimum atomic E-state index is -0.391. The molecule has 0 radical (unpaired) electrons. The Bertz CT molecular complexity index is 423. The summed E-state index contributed by atoms with van der Waals surface area (Å²) in [5.74, 6) is 0.609. The molecule has 1 atom stereocenters. The number of hydrogen-bond acceptors (Lipinski definition) is 2. The molecule has 2 nitrogen and oxygen atoms in total. The van der Waals surface area contributed by atoms with E-state index in [0.717, 1.165) is 18.7 Å². The second-order valence-corrected chi connectivity index (χ2v) is 5.41. The van der Waals surface area contributed by atoms with Gasteiger partial charge in [-0.3, -0.25) is 0 Å². The van der Waals surface area contributed by atoms with Gasteiger partial charge in [-0.15, -0.1) is 0 Å². The van der Waals surface area contributed by atoms with Gasteiger partial charge in [-0.25, -0.2) is 0 Å². The zero-order valence-corrected chi connectivity index (χ0v) is 10.7. The van der Waals surface area contributed by atoms with E-state index < -0.39 is 5.41 Å². The molecule has 1 aromatic rings. The molecule has 2 heteroatoms. The topological polar surface area (TPSA) is 35.8 Å². The van der Waals surface area contributed by atoms with Crippen molar-refractivity contribution in [2.24, 2.45) is 0 Å². The summed E-state index contributed by atoms with van der Waals surface area (Å²) in [6.07, 6.45) is 2.50. The van der Waals surface area contributed by atoms with E-state index in [4.69, 9.17) is 0 Å². The van der Waals surface area contributed by atoms with Gasteiger partial charge >= 0.3 is 0 Å². The highest BCUT2D eigenvalue weighted by Crippen LogP contribution is 2.28. The molecule has 0 aliphatic carbocycles. The fourth-order valence-corrected chi connectivity index (χ4v) is 2.38. The number of nitrogens with one attached hydrogen (secondary N) is 1. The Morgan fingerprint density at radius 3 is 2.88 bits per heavy atom. The van der Waals surface area contributed by atoms with Gasteiger partial charge in [0.25, 0.3) is 0 Å². The lowest BCUT2D eigenvalue weighted by molar-refractivity contribution is 0.461. The van der Waals surface area contributed by atoms with Crippen LogP contribution >= 0.6 is 0 Å². The summed E-state index contributed by atoms with van der Waals surface area (Å²) >= 11 is 0. The molecule has 90 valence electrons. The van der Waals surface area contributed by atoms with E-state index in [2.05, 4.69) is 35.7 Å². The van der Waals surface area contributed by atoms with Gasteiger partial charge in [0.1, 0.15) is 0 Å². The zero-order chi connectivity index (χ0) is 12.3. The fourth-order valence-electron chi connectivity index (χ4n) is 2.38. The Balaban J connectivity index is 2.25. The molecule has 0 saturated carbocycles. The van der Waals surface area contributed by atoms with E-state index in [1.54, 1.807) is 0 Å². The van der Waals surface area contributed by atoms with Crippen LogP contribution in [0.3, 0.4) is 0 Å². The molecule has 0 spiro atoms. The average Bonchev–Trinajstić information content (AvgIpc) is 2.40. The number of nitrogens with zero attached hydrogens (tertiary/aromatic N) is 1. The highest BCUT2D eigenvalue weighted by atomic mass is 14.9. The third-order valence-corrected chi connectivity index (χ3v) is 3.66. The van der Waals surface area contributed by atoms with Gasteiger partial charge in [0.2, 0.25) is 0 Å². The molecule has 0 amide bonds. The quantitative estimate of drug-likeness (QED) is 0.844. The largest absolute Gasteiger partial charge is 0.316 e. The lowest BCUT2D eigenvalue weighted by atomic mass is 9.83. The smallest absolute Gasteiger partial charge is 0.0766 e. The van der Waals surface area contributed by atoms with Gasteiger partial charge in [-0.05, 0) is 50.3 Å². The van der Waals surface area contributed by atoms with E-state index in [1.165, 1.54) is 18.4 Å². The van der Waals surface area contributed by atoms with Crippen molar-refractivity contribution in [2.45, 2.75) is 38.0 Å². The summed E-state index contributed by atoms with van der Waals surface area (Å²) in [7, 11) is 0. The summed E-state index contributed by atoms with van der Waals surface area (Å²) in [4.78, 5) is 0. The number of rotatable bonds is 2. The molecular formula is C15H20N2. The Morgan fingerprint density at radius 1 is 1.41 bits per heavy atom. The zero-order valence-electron chi connectivity index (χ0n) is 10.7. The van der Waals surface area contributed by atoms with Gasteiger partial charge in [0.05, 0.1) is 11.5 Å². The SMILES string of the molecule is CC(C)(C#N)c1cccc(C2CCCNC2)c1. The number of piperidine rings is 1. The Kier molecular flexibility index (Phi) is 3.49. The van der Waals surface area contributed by atoms with Crippen molar-refractivity contribution in [1.82, 2.24) is 5.32 Å². The van der Waals surface area contributed by atoms with Crippen molar-refractivity contribution >= 4 is 0 Å². The van der Waals surface area contributed by atoms with Gasteiger partial charge < -0.3 is 5.32 Å². The molecule has 1 saturated heterocycles. The van der Waals surface area contributed by atoms with Crippen LogP contribution in [0.15, 0.2) is 24.3 Å². The molecule has 17 heavy (non-hydrogen) atoms.